The fourth-order valence-corrected chi connectivity index (χ4v) is 5.99. The van der Waals surface area contributed by atoms with Gasteiger partial charge < -0.3 is 30.4 Å². The smallest absolute Gasteiger partial charge is 0.286 e. The number of aromatic nitrogens is 3. The van der Waals surface area contributed by atoms with Crippen molar-refractivity contribution in [1.29, 1.82) is 0 Å². The van der Waals surface area contributed by atoms with Gasteiger partial charge in [0.25, 0.3) is 11.8 Å². The molecule has 14 heteroatoms. The van der Waals surface area contributed by atoms with Crippen molar-refractivity contribution in [3.8, 4) is 17.2 Å². The molecule has 3 atom stereocenters. The molecule has 4 N–H and O–H groups in total. The van der Waals surface area contributed by atoms with E-state index in [-0.39, 0.29) is 59.2 Å². The standard InChI is InChI=1S/C37H49N7O7/c1-22(2)29(31(47)35-43-42-34(51-35)24-13-8-7-9-14-24)40-33(49)27-15-12-20-44(27)36(50)30(23(3)4)39-28(46)16-10-11-19-37(5,6)41-32(48)26-18-17-25(45)21-38-26/h7-9,13-14,17-18,21-23,27,29-30,45H,10-12,15-16,19-20H2,1-6H3,(H,39,46)(H,40,49)(H,41,48)/t27-,29+,30+/m1/s1. The zero-order chi connectivity index (χ0) is 37.3. The third-order valence-electron chi connectivity index (χ3n) is 8.88. The van der Waals surface area contributed by atoms with E-state index < -0.39 is 35.4 Å². The Labute approximate surface area is 298 Å². The summed E-state index contributed by atoms with van der Waals surface area (Å²) in [5.41, 5.74) is 0.290. The van der Waals surface area contributed by atoms with Crippen LogP contribution in [-0.2, 0) is 14.4 Å². The minimum absolute atomic E-state index is 0.0278. The first kappa shape index (κ1) is 38.7. The number of carbonyl (C=O) groups excluding carboxylic acids is 5. The number of nitrogens with zero attached hydrogens (tertiary/aromatic N) is 4. The van der Waals surface area contributed by atoms with Gasteiger partial charge in [-0.2, -0.15) is 0 Å². The number of hydrogen-bond acceptors (Lipinski definition) is 10. The van der Waals surface area contributed by atoms with Gasteiger partial charge in [-0.3, -0.25) is 24.0 Å². The summed E-state index contributed by atoms with van der Waals surface area (Å²) in [5, 5.41) is 26.0. The first-order chi connectivity index (χ1) is 24.2. The summed E-state index contributed by atoms with van der Waals surface area (Å²) in [7, 11) is 0. The quantitative estimate of drug-likeness (QED) is 0.125. The van der Waals surface area contributed by atoms with Crippen LogP contribution in [0.15, 0.2) is 53.1 Å². The maximum atomic E-state index is 13.8. The van der Waals surface area contributed by atoms with Gasteiger partial charge in [0.2, 0.25) is 29.4 Å². The second-order valence-electron chi connectivity index (χ2n) is 14.3. The van der Waals surface area contributed by atoms with Crippen LogP contribution in [0.3, 0.4) is 0 Å². The molecule has 2 aromatic heterocycles. The fourth-order valence-electron chi connectivity index (χ4n) is 5.99. The van der Waals surface area contributed by atoms with Gasteiger partial charge in [-0.15, -0.1) is 10.2 Å². The van der Waals surface area contributed by atoms with Gasteiger partial charge in [-0.1, -0.05) is 52.3 Å². The van der Waals surface area contributed by atoms with Crippen molar-refractivity contribution in [2.75, 3.05) is 6.54 Å². The Kier molecular flexibility index (Phi) is 13.0. The molecule has 1 aromatic carbocycles. The van der Waals surface area contributed by atoms with Crippen molar-refractivity contribution in [3.05, 3.63) is 60.2 Å². The van der Waals surface area contributed by atoms with Gasteiger partial charge in [-0.05, 0) is 75.6 Å². The van der Waals surface area contributed by atoms with E-state index in [0.717, 1.165) is 0 Å². The van der Waals surface area contributed by atoms with Crippen molar-refractivity contribution in [2.24, 2.45) is 11.8 Å². The summed E-state index contributed by atoms with van der Waals surface area (Å²) in [4.78, 5) is 71.9. The van der Waals surface area contributed by atoms with E-state index in [1.807, 2.05) is 45.9 Å². The van der Waals surface area contributed by atoms with Gasteiger partial charge in [0.05, 0.1) is 12.2 Å². The number of hydrogen-bond donors (Lipinski definition) is 4. The van der Waals surface area contributed by atoms with E-state index in [4.69, 9.17) is 4.42 Å². The van der Waals surface area contributed by atoms with Crippen LogP contribution in [0.25, 0.3) is 11.5 Å². The molecule has 0 unspecified atom stereocenters. The van der Waals surface area contributed by atoms with Crippen LogP contribution in [0.2, 0.25) is 0 Å². The molecule has 51 heavy (non-hydrogen) atoms. The van der Waals surface area contributed by atoms with E-state index >= 15 is 0 Å². The highest BCUT2D eigenvalue weighted by Crippen LogP contribution is 2.23. The van der Waals surface area contributed by atoms with E-state index in [0.29, 0.717) is 44.2 Å². The number of likely N-dealkylation sites (tertiary alicyclic amines) is 1. The summed E-state index contributed by atoms with van der Waals surface area (Å²) in [6.07, 6.45) is 4.19. The second kappa shape index (κ2) is 17.2. The number of benzene rings is 1. The number of ketones is 1. The van der Waals surface area contributed by atoms with E-state index in [1.165, 1.54) is 23.2 Å². The number of amides is 4. The van der Waals surface area contributed by atoms with Crippen LogP contribution in [0, 0.1) is 11.8 Å². The molecule has 3 heterocycles. The van der Waals surface area contributed by atoms with Gasteiger partial charge in [-0.25, -0.2) is 4.98 Å². The zero-order valence-electron chi connectivity index (χ0n) is 30.1. The molecule has 4 amide bonds. The number of Topliss-reactive ketones (excluding diaryl/α,β-unsaturated/α-hetero) is 1. The average Bonchev–Trinajstić information content (AvgIpc) is 3.79. The fraction of sp³-hybridized carbons (Fsp3) is 0.514. The maximum Gasteiger partial charge on any atom is 0.286 e. The van der Waals surface area contributed by atoms with E-state index in [2.05, 4.69) is 31.1 Å². The summed E-state index contributed by atoms with van der Waals surface area (Å²) >= 11 is 0. The highest BCUT2D eigenvalue weighted by Gasteiger charge is 2.40. The first-order valence-corrected chi connectivity index (χ1v) is 17.5. The van der Waals surface area contributed by atoms with Crippen molar-refractivity contribution < 1.29 is 33.5 Å². The topological polar surface area (TPSA) is 197 Å². The number of rotatable bonds is 16. The van der Waals surface area contributed by atoms with Gasteiger partial charge >= 0.3 is 0 Å². The lowest BCUT2D eigenvalue weighted by Gasteiger charge is -2.31. The number of unbranched alkanes of at least 4 members (excludes halogenated alkanes) is 1. The Hall–Kier alpha value is -5.14. The Morgan fingerprint density at radius 1 is 0.941 bits per heavy atom. The minimum atomic E-state index is -0.956. The van der Waals surface area contributed by atoms with E-state index in [9.17, 15) is 29.1 Å². The largest absolute Gasteiger partial charge is 0.506 e. The van der Waals surface area contributed by atoms with E-state index in [1.54, 1.807) is 26.0 Å². The third-order valence-corrected chi connectivity index (χ3v) is 8.88. The van der Waals surface area contributed by atoms with Gasteiger partial charge in [0, 0.05) is 24.1 Å². The average molecular weight is 704 g/mol. The molecular formula is C37H49N7O7. The molecule has 1 aliphatic rings. The summed E-state index contributed by atoms with van der Waals surface area (Å²) in [6.45, 7) is 11.4. The predicted molar refractivity (Wildman–Crippen MR) is 188 cm³/mol. The molecule has 274 valence electrons. The molecule has 14 nitrogen and oxygen atoms in total. The van der Waals surface area contributed by atoms with Crippen molar-refractivity contribution >= 4 is 29.4 Å². The third kappa shape index (κ3) is 10.4. The predicted octanol–water partition coefficient (Wildman–Crippen LogP) is 4.06. The number of pyridine rings is 1. The van der Waals surface area contributed by atoms with Crippen LogP contribution in [0.5, 0.6) is 5.75 Å². The molecule has 0 aliphatic carbocycles. The molecule has 0 saturated carbocycles. The lowest BCUT2D eigenvalue weighted by atomic mass is 9.96. The van der Waals surface area contributed by atoms with Crippen molar-refractivity contribution in [3.63, 3.8) is 0 Å². The molecule has 0 spiro atoms. The molecule has 3 aromatic rings. The summed E-state index contributed by atoms with van der Waals surface area (Å²) in [5.74, 6) is -2.56. The van der Waals surface area contributed by atoms with Crippen molar-refractivity contribution in [2.45, 2.75) is 104 Å². The molecule has 4 rings (SSSR count). The van der Waals surface area contributed by atoms with Crippen LogP contribution in [0.1, 0.15) is 101 Å². The lowest BCUT2D eigenvalue weighted by molar-refractivity contribution is -0.142. The molecule has 0 bridgehead atoms. The van der Waals surface area contributed by atoms with Crippen LogP contribution < -0.4 is 16.0 Å². The molecule has 1 aliphatic heterocycles. The van der Waals surface area contributed by atoms with Gasteiger partial charge in [0.1, 0.15) is 23.5 Å². The second-order valence-corrected chi connectivity index (χ2v) is 14.3. The summed E-state index contributed by atoms with van der Waals surface area (Å²) in [6, 6.07) is 9.29. The maximum absolute atomic E-state index is 13.8. The highest BCUT2D eigenvalue weighted by molar-refractivity contribution is 6.00. The minimum Gasteiger partial charge on any atom is -0.506 e. The molecular weight excluding hydrogens is 654 g/mol. The Bertz CT molecular complexity index is 1670. The SMILES string of the molecule is CC(C)[C@H](NC(=O)[C@H]1CCCN1C(=O)[C@@H](NC(=O)CCCCC(C)(C)NC(=O)c1ccc(O)cn1)C(C)C)C(=O)c1nnc(-c2ccccc2)o1. The number of nitrogens with one attached hydrogen (secondary N) is 3. The lowest BCUT2D eigenvalue weighted by Crippen LogP contribution is -2.57. The Balaban J connectivity index is 1.30. The first-order valence-electron chi connectivity index (χ1n) is 17.5. The van der Waals surface area contributed by atoms with Crippen LogP contribution in [0.4, 0.5) is 0 Å². The normalized spacial score (nSPS) is 15.8. The number of carbonyl (C=O) groups is 5. The Morgan fingerprint density at radius 2 is 1.65 bits per heavy atom. The molecule has 0 radical (unpaired) electrons. The highest BCUT2D eigenvalue weighted by atomic mass is 16.4. The van der Waals surface area contributed by atoms with Crippen LogP contribution >= 0.6 is 0 Å². The van der Waals surface area contributed by atoms with Crippen LogP contribution in [-0.4, -0.2) is 84.8 Å². The Morgan fingerprint density at radius 3 is 2.29 bits per heavy atom. The van der Waals surface area contributed by atoms with Crippen molar-refractivity contribution in [1.82, 2.24) is 36.0 Å². The van der Waals surface area contributed by atoms with Gasteiger partial charge in [0.15, 0.2) is 0 Å². The number of aromatic hydroxyl groups is 1. The monoisotopic (exact) mass is 703 g/mol. The molecule has 1 saturated heterocycles. The zero-order valence-corrected chi connectivity index (χ0v) is 30.1. The summed E-state index contributed by atoms with van der Waals surface area (Å²) < 4.78 is 5.66. The molecule has 1 fully saturated rings.